The second-order valence-electron chi connectivity index (χ2n) is 12.5. The van der Waals surface area contributed by atoms with Crippen LogP contribution < -0.4 is 4.74 Å². The van der Waals surface area contributed by atoms with E-state index in [4.69, 9.17) is 9.47 Å². The molecule has 1 amide bonds. The number of halogens is 2. The predicted molar refractivity (Wildman–Crippen MR) is 168 cm³/mol. The van der Waals surface area contributed by atoms with Crippen LogP contribution in [0.4, 0.5) is 0 Å². The van der Waals surface area contributed by atoms with Gasteiger partial charge in [-0.25, -0.2) is 0 Å². The van der Waals surface area contributed by atoms with E-state index in [1.54, 1.807) is 7.11 Å². The van der Waals surface area contributed by atoms with Gasteiger partial charge in [0.05, 0.1) is 12.5 Å². The summed E-state index contributed by atoms with van der Waals surface area (Å²) < 4.78 is 10.9. The summed E-state index contributed by atoms with van der Waals surface area (Å²) in [5.41, 5.74) is 2.52. The van der Waals surface area contributed by atoms with Crippen molar-refractivity contribution in [3.63, 3.8) is 0 Å². The molecule has 6 rings (SSSR count). The largest absolute Gasteiger partial charge is 0.497 e. The lowest BCUT2D eigenvalue weighted by atomic mass is 9.76. The highest BCUT2D eigenvalue weighted by Crippen LogP contribution is 2.43. The maximum absolute atomic E-state index is 13.6. The van der Waals surface area contributed by atoms with Crippen LogP contribution in [-0.2, 0) is 16.1 Å². The first-order valence-corrected chi connectivity index (χ1v) is 15.1. The standard InChI is InChI=1S/C33H45N3O3.2ClH/c1-38-30-9-7-26(8-10-30)22-36-18-15-33(32(36)37)13-16-34(17-14-33)23-29-24-35(21-27-11-19-39-20-12-27)25-31(29)28-5-3-2-4-6-28;;/h2-10,27,29,31H,11-25H2,1H3;2*1H/t29-,31+;;/m0../s1. The normalized spacial score (nSPS) is 25.2. The summed E-state index contributed by atoms with van der Waals surface area (Å²) in [6.45, 7) is 10.2. The predicted octanol–water partition coefficient (Wildman–Crippen LogP) is 5.50. The van der Waals surface area contributed by atoms with Crippen LogP contribution in [0, 0.1) is 17.3 Å². The monoisotopic (exact) mass is 603 g/mol. The summed E-state index contributed by atoms with van der Waals surface area (Å²) >= 11 is 0. The Kier molecular flexibility index (Phi) is 11.4. The Morgan fingerprint density at radius 2 is 1.54 bits per heavy atom. The number of ether oxygens (including phenoxy) is 2. The highest BCUT2D eigenvalue weighted by Gasteiger charge is 2.48. The lowest BCUT2D eigenvalue weighted by molar-refractivity contribution is -0.139. The van der Waals surface area contributed by atoms with Gasteiger partial charge >= 0.3 is 0 Å². The van der Waals surface area contributed by atoms with Gasteiger partial charge in [0.1, 0.15) is 5.75 Å². The van der Waals surface area contributed by atoms with Gasteiger partial charge in [-0.05, 0) is 80.3 Å². The molecular weight excluding hydrogens is 557 g/mol. The number of benzene rings is 2. The van der Waals surface area contributed by atoms with Crippen LogP contribution in [0.15, 0.2) is 54.6 Å². The Labute approximate surface area is 258 Å². The number of hydrogen-bond acceptors (Lipinski definition) is 5. The van der Waals surface area contributed by atoms with Crippen molar-refractivity contribution < 1.29 is 14.3 Å². The maximum atomic E-state index is 13.6. The first-order valence-electron chi connectivity index (χ1n) is 15.1. The van der Waals surface area contributed by atoms with Gasteiger partial charge in [-0.2, -0.15) is 0 Å². The van der Waals surface area contributed by atoms with E-state index < -0.39 is 0 Å². The third-order valence-electron chi connectivity index (χ3n) is 10.0. The molecule has 0 aromatic heterocycles. The molecule has 4 aliphatic rings. The zero-order chi connectivity index (χ0) is 26.7. The summed E-state index contributed by atoms with van der Waals surface area (Å²) in [6.07, 6.45) is 5.41. The van der Waals surface area contributed by atoms with Gasteiger partial charge in [-0.3, -0.25) is 4.79 Å². The summed E-state index contributed by atoms with van der Waals surface area (Å²) in [5, 5.41) is 0. The van der Waals surface area contributed by atoms with Crippen molar-refractivity contribution in [1.29, 1.82) is 0 Å². The molecule has 1 spiro atoms. The molecular formula is C33H47Cl2N3O3. The molecule has 4 saturated heterocycles. The van der Waals surface area contributed by atoms with E-state index >= 15 is 0 Å². The topological polar surface area (TPSA) is 45.2 Å². The number of nitrogens with zero attached hydrogens (tertiary/aromatic N) is 3. The average molecular weight is 605 g/mol. The van der Waals surface area contributed by atoms with E-state index in [1.165, 1.54) is 43.6 Å². The Bertz CT molecular complexity index is 1090. The molecule has 0 N–H and O–H groups in total. The van der Waals surface area contributed by atoms with Crippen molar-refractivity contribution in [1.82, 2.24) is 14.7 Å². The van der Waals surface area contributed by atoms with Crippen molar-refractivity contribution in [3.8, 4) is 5.75 Å². The van der Waals surface area contributed by atoms with Crippen molar-refractivity contribution in [2.75, 3.05) is 66.1 Å². The maximum Gasteiger partial charge on any atom is 0.229 e. The minimum Gasteiger partial charge on any atom is -0.497 e. The molecule has 0 unspecified atom stereocenters. The Morgan fingerprint density at radius 1 is 0.854 bits per heavy atom. The Hall–Kier alpha value is -1.83. The average Bonchev–Trinajstić information content (AvgIpc) is 3.51. The van der Waals surface area contributed by atoms with E-state index in [0.717, 1.165) is 70.3 Å². The molecule has 4 fully saturated rings. The number of hydrogen-bond donors (Lipinski definition) is 0. The zero-order valence-electron chi connectivity index (χ0n) is 24.4. The van der Waals surface area contributed by atoms with Gasteiger partial charge in [0, 0.05) is 58.4 Å². The summed E-state index contributed by atoms with van der Waals surface area (Å²) in [5.74, 6) is 3.25. The minimum atomic E-state index is -0.146. The van der Waals surface area contributed by atoms with Gasteiger partial charge in [0.25, 0.3) is 0 Å². The van der Waals surface area contributed by atoms with E-state index in [9.17, 15) is 4.79 Å². The SMILES string of the molecule is COc1ccc(CN2CCC3(CCN(C[C@H]4CN(CC5CCOCC5)C[C@@H]4c4ccccc4)CC3)C2=O)cc1.Cl.Cl. The van der Waals surface area contributed by atoms with Crippen molar-refractivity contribution in [2.45, 2.75) is 44.6 Å². The van der Waals surface area contributed by atoms with Gasteiger partial charge in [-0.15, -0.1) is 24.8 Å². The van der Waals surface area contributed by atoms with Crippen LogP contribution in [-0.4, -0.2) is 86.7 Å². The minimum absolute atomic E-state index is 0. The molecule has 0 radical (unpaired) electrons. The smallest absolute Gasteiger partial charge is 0.229 e. The number of rotatable bonds is 8. The number of carbonyl (C=O) groups excluding carboxylic acids is 1. The number of piperidine rings is 1. The van der Waals surface area contributed by atoms with Crippen molar-refractivity contribution in [2.24, 2.45) is 17.3 Å². The first kappa shape index (κ1) is 32.1. The van der Waals surface area contributed by atoms with E-state index in [-0.39, 0.29) is 30.2 Å². The molecule has 226 valence electrons. The van der Waals surface area contributed by atoms with E-state index in [0.29, 0.717) is 24.3 Å². The quantitative estimate of drug-likeness (QED) is 0.399. The Balaban J connectivity index is 0.00000194. The fourth-order valence-electron chi connectivity index (χ4n) is 7.62. The van der Waals surface area contributed by atoms with Gasteiger partial charge in [0.2, 0.25) is 5.91 Å². The second kappa shape index (κ2) is 14.6. The second-order valence-corrected chi connectivity index (χ2v) is 12.5. The summed E-state index contributed by atoms with van der Waals surface area (Å²) in [4.78, 5) is 21.1. The zero-order valence-corrected chi connectivity index (χ0v) is 26.1. The molecule has 2 atom stereocenters. The van der Waals surface area contributed by atoms with Crippen LogP contribution in [0.5, 0.6) is 5.75 Å². The molecule has 2 aromatic carbocycles. The number of methoxy groups -OCH3 is 1. The Morgan fingerprint density at radius 3 is 2.22 bits per heavy atom. The van der Waals surface area contributed by atoms with Crippen molar-refractivity contribution >= 4 is 30.7 Å². The molecule has 0 aliphatic carbocycles. The van der Waals surface area contributed by atoms with Gasteiger partial charge in [-0.1, -0.05) is 42.5 Å². The molecule has 6 nitrogen and oxygen atoms in total. The van der Waals surface area contributed by atoms with E-state index in [1.807, 2.05) is 12.1 Å². The van der Waals surface area contributed by atoms with Gasteiger partial charge < -0.3 is 24.2 Å². The van der Waals surface area contributed by atoms with Crippen LogP contribution in [0.3, 0.4) is 0 Å². The third kappa shape index (κ3) is 7.40. The van der Waals surface area contributed by atoms with Crippen LogP contribution in [0.25, 0.3) is 0 Å². The first-order chi connectivity index (χ1) is 19.1. The number of carbonyl (C=O) groups is 1. The number of likely N-dealkylation sites (tertiary alicyclic amines) is 3. The number of amides is 1. The molecule has 4 aliphatic heterocycles. The van der Waals surface area contributed by atoms with Gasteiger partial charge in [0.15, 0.2) is 0 Å². The fourth-order valence-corrected chi connectivity index (χ4v) is 7.62. The van der Waals surface area contributed by atoms with Crippen LogP contribution in [0.2, 0.25) is 0 Å². The third-order valence-corrected chi connectivity index (χ3v) is 10.0. The molecule has 0 saturated carbocycles. The highest BCUT2D eigenvalue weighted by atomic mass is 35.5. The summed E-state index contributed by atoms with van der Waals surface area (Å²) in [6, 6.07) is 19.3. The fraction of sp³-hybridized carbons (Fsp3) is 0.606. The van der Waals surface area contributed by atoms with Crippen LogP contribution in [0.1, 0.15) is 49.1 Å². The lowest BCUT2D eigenvalue weighted by Gasteiger charge is -2.39. The van der Waals surface area contributed by atoms with E-state index in [2.05, 4.69) is 57.2 Å². The summed E-state index contributed by atoms with van der Waals surface area (Å²) in [7, 11) is 1.69. The molecule has 0 bridgehead atoms. The highest BCUT2D eigenvalue weighted by molar-refractivity contribution is 5.86. The molecule has 4 heterocycles. The molecule has 2 aromatic rings. The lowest BCUT2D eigenvalue weighted by Crippen LogP contribution is -2.46. The molecule has 8 heteroatoms. The molecule has 41 heavy (non-hydrogen) atoms. The van der Waals surface area contributed by atoms with Crippen LogP contribution >= 0.6 is 24.8 Å². The van der Waals surface area contributed by atoms with Crippen molar-refractivity contribution in [3.05, 3.63) is 65.7 Å².